The molecule has 96 valence electrons. The molecule has 0 saturated carbocycles. The van der Waals surface area contributed by atoms with Crippen molar-refractivity contribution in [1.29, 1.82) is 0 Å². The summed E-state index contributed by atoms with van der Waals surface area (Å²) in [4.78, 5) is 16.9. The summed E-state index contributed by atoms with van der Waals surface area (Å²) in [5.74, 6) is -0.789. The molecule has 0 bridgehead atoms. The lowest BCUT2D eigenvalue weighted by atomic mass is 10.4. The van der Waals surface area contributed by atoms with Crippen LogP contribution >= 0.6 is 0 Å². The number of H-pyrrole nitrogens is 1. The number of nitrogens with zero attached hydrogens (tertiary/aromatic N) is 1. The molecule has 0 spiro atoms. The van der Waals surface area contributed by atoms with Gasteiger partial charge < -0.3 is 14.8 Å². The molecule has 0 aromatic carbocycles. The molecule has 0 saturated heterocycles. The van der Waals surface area contributed by atoms with Crippen LogP contribution in [0.3, 0.4) is 0 Å². The van der Waals surface area contributed by atoms with Gasteiger partial charge in [-0.1, -0.05) is 0 Å². The van der Waals surface area contributed by atoms with Gasteiger partial charge in [0.2, 0.25) is 0 Å². The van der Waals surface area contributed by atoms with Gasteiger partial charge >= 0.3 is 5.97 Å². The van der Waals surface area contributed by atoms with E-state index < -0.39 is 22.1 Å². The Hall–Kier alpha value is -1.45. The molecule has 0 fully saturated rings. The van der Waals surface area contributed by atoms with E-state index in [1.165, 1.54) is 7.11 Å². The minimum atomic E-state index is -3.79. The Bertz CT molecular complexity index is 495. The highest BCUT2D eigenvalue weighted by molar-refractivity contribution is 7.89. The number of rotatable bonds is 6. The van der Waals surface area contributed by atoms with Crippen molar-refractivity contribution in [2.45, 2.75) is 18.1 Å². The number of methoxy groups -OCH3 is 1. The van der Waals surface area contributed by atoms with Crippen molar-refractivity contribution in [2.24, 2.45) is 0 Å². The maximum absolute atomic E-state index is 11.7. The molecule has 9 heteroatoms. The standard InChI is InChI=1S/C8H13N3O5S/c1-5-9-4-7(11-5)17(14,15)10-3-6(16-2)8(12)13/h4,6,10H,3H2,1-2H3,(H,9,11)(H,12,13). The van der Waals surface area contributed by atoms with Gasteiger partial charge in [-0.25, -0.2) is 22.9 Å². The fourth-order valence-corrected chi connectivity index (χ4v) is 2.07. The topological polar surface area (TPSA) is 121 Å². The molecule has 1 atom stereocenters. The van der Waals surface area contributed by atoms with Crippen LogP contribution in [0.1, 0.15) is 5.82 Å². The molecule has 0 aliphatic heterocycles. The number of aryl methyl sites for hydroxylation is 1. The highest BCUT2D eigenvalue weighted by Crippen LogP contribution is 2.04. The Morgan fingerprint density at radius 2 is 2.35 bits per heavy atom. The molecule has 1 rings (SSSR count). The Balaban J connectivity index is 2.71. The first-order valence-electron chi connectivity index (χ1n) is 4.63. The Morgan fingerprint density at radius 1 is 1.71 bits per heavy atom. The van der Waals surface area contributed by atoms with E-state index in [4.69, 9.17) is 5.11 Å². The van der Waals surface area contributed by atoms with Crippen LogP contribution in [0.2, 0.25) is 0 Å². The van der Waals surface area contributed by atoms with E-state index in [1.54, 1.807) is 6.92 Å². The number of hydrogen-bond donors (Lipinski definition) is 3. The van der Waals surface area contributed by atoms with E-state index >= 15 is 0 Å². The van der Waals surface area contributed by atoms with Gasteiger partial charge in [0.05, 0.1) is 6.20 Å². The zero-order valence-corrected chi connectivity index (χ0v) is 10.1. The van der Waals surface area contributed by atoms with Gasteiger partial charge in [0.25, 0.3) is 10.0 Å². The third-order valence-corrected chi connectivity index (χ3v) is 3.32. The number of hydrogen-bond acceptors (Lipinski definition) is 5. The van der Waals surface area contributed by atoms with Crippen LogP contribution in [0.4, 0.5) is 0 Å². The van der Waals surface area contributed by atoms with Gasteiger partial charge in [-0.05, 0) is 6.92 Å². The number of aliphatic carboxylic acids is 1. The maximum Gasteiger partial charge on any atom is 0.334 e. The quantitative estimate of drug-likeness (QED) is 0.611. The first kappa shape index (κ1) is 13.6. The Labute approximate surface area is 98.1 Å². The normalized spacial score (nSPS) is 13.5. The summed E-state index contributed by atoms with van der Waals surface area (Å²) < 4.78 is 30.0. The largest absolute Gasteiger partial charge is 0.479 e. The highest BCUT2D eigenvalue weighted by atomic mass is 32.2. The predicted octanol–water partition coefficient (Wildman–Crippen LogP) is -0.904. The number of carboxylic acids is 1. The summed E-state index contributed by atoms with van der Waals surface area (Å²) in [6, 6.07) is 0. The van der Waals surface area contributed by atoms with Gasteiger partial charge in [0.15, 0.2) is 11.1 Å². The van der Waals surface area contributed by atoms with Crippen LogP contribution in [0.25, 0.3) is 0 Å². The van der Waals surface area contributed by atoms with Crippen LogP contribution in [0, 0.1) is 6.92 Å². The van der Waals surface area contributed by atoms with Crippen LogP contribution < -0.4 is 4.72 Å². The van der Waals surface area contributed by atoms with Gasteiger partial charge in [0.1, 0.15) is 5.82 Å². The highest BCUT2D eigenvalue weighted by Gasteiger charge is 2.22. The smallest absolute Gasteiger partial charge is 0.334 e. The lowest BCUT2D eigenvalue weighted by Gasteiger charge is -2.10. The number of aromatic amines is 1. The van der Waals surface area contributed by atoms with E-state index in [0.29, 0.717) is 5.82 Å². The number of ether oxygens (including phenoxy) is 1. The summed E-state index contributed by atoms with van der Waals surface area (Å²) in [5.41, 5.74) is 0. The molecule has 0 aliphatic rings. The van der Waals surface area contributed by atoms with E-state index in [0.717, 1.165) is 6.20 Å². The van der Waals surface area contributed by atoms with Gasteiger partial charge in [-0.2, -0.15) is 0 Å². The number of carboxylic acid groups (broad SMARTS) is 1. The predicted molar refractivity (Wildman–Crippen MR) is 56.9 cm³/mol. The third kappa shape index (κ3) is 3.51. The average Bonchev–Trinajstić information content (AvgIpc) is 2.66. The van der Waals surface area contributed by atoms with E-state index in [2.05, 4.69) is 19.4 Å². The summed E-state index contributed by atoms with van der Waals surface area (Å²) in [6.07, 6.45) is -0.0749. The monoisotopic (exact) mass is 263 g/mol. The van der Waals surface area contributed by atoms with Gasteiger partial charge in [-0.3, -0.25) is 0 Å². The molecular formula is C8H13N3O5S. The second kappa shape index (κ2) is 5.25. The molecule has 1 aromatic rings. The van der Waals surface area contributed by atoms with Gasteiger partial charge in [0, 0.05) is 13.7 Å². The first-order chi connectivity index (χ1) is 7.86. The van der Waals surface area contributed by atoms with Crippen molar-refractivity contribution in [3.05, 3.63) is 12.0 Å². The third-order valence-electron chi connectivity index (χ3n) is 1.99. The summed E-state index contributed by atoms with van der Waals surface area (Å²) >= 11 is 0. The van der Waals surface area contributed by atoms with E-state index in [9.17, 15) is 13.2 Å². The molecule has 1 aromatic heterocycles. The lowest BCUT2D eigenvalue weighted by Crippen LogP contribution is -2.37. The van der Waals surface area contributed by atoms with Crippen molar-refractivity contribution < 1.29 is 23.1 Å². The van der Waals surface area contributed by atoms with E-state index in [1.807, 2.05) is 0 Å². The summed E-state index contributed by atoms with van der Waals surface area (Å²) in [6.45, 7) is 1.25. The molecule has 1 unspecified atom stereocenters. The number of carbonyl (C=O) groups is 1. The van der Waals surface area contributed by atoms with Crippen molar-refractivity contribution in [1.82, 2.24) is 14.7 Å². The van der Waals surface area contributed by atoms with Gasteiger partial charge in [-0.15, -0.1) is 0 Å². The summed E-state index contributed by atoms with van der Waals surface area (Å²) in [7, 11) is -2.60. The molecular weight excluding hydrogens is 250 g/mol. The number of imidazole rings is 1. The number of nitrogens with one attached hydrogen (secondary N) is 2. The molecule has 0 aliphatic carbocycles. The number of aromatic nitrogens is 2. The van der Waals surface area contributed by atoms with Crippen molar-refractivity contribution in [3.63, 3.8) is 0 Å². The second-order valence-corrected chi connectivity index (χ2v) is 4.98. The van der Waals surface area contributed by atoms with Crippen LogP contribution in [0.15, 0.2) is 11.2 Å². The molecule has 3 N–H and O–H groups in total. The molecule has 17 heavy (non-hydrogen) atoms. The molecule has 0 radical (unpaired) electrons. The average molecular weight is 263 g/mol. The Morgan fingerprint density at radius 3 is 2.76 bits per heavy atom. The summed E-state index contributed by atoms with van der Waals surface area (Å²) in [5, 5.41) is 8.55. The Kier molecular flexibility index (Phi) is 4.21. The van der Waals surface area contributed by atoms with Crippen molar-refractivity contribution >= 4 is 16.0 Å². The molecule has 8 nitrogen and oxygen atoms in total. The fourth-order valence-electron chi connectivity index (χ4n) is 1.07. The van der Waals surface area contributed by atoms with Crippen LogP contribution in [-0.4, -0.2) is 49.2 Å². The second-order valence-electron chi connectivity index (χ2n) is 3.25. The van der Waals surface area contributed by atoms with Crippen LogP contribution in [-0.2, 0) is 19.6 Å². The lowest BCUT2D eigenvalue weighted by molar-refractivity contribution is -0.147. The maximum atomic E-state index is 11.7. The van der Waals surface area contributed by atoms with Crippen LogP contribution in [0.5, 0.6) is 0 Å². The first-order valence-corrected chi connectivity index (χ1v) is 6.12. The van der Waals surface area contributed by atoms with Crippen molar-refractivity contribution in [3.8, 4) is 0 Å². The van der Waals surface area contributed by atoms with Crippen molar-refractivity contribution in [2.75, 3.05) is 13.7 Å². The molecule has 0 amide bonds. The SMILES string of the molecule is COC(CNS(=O)(=O)c1cnc(C)[nH]1)C(=O)O. The fraction of sp³-hybridized carbons (Fsp3) is 0.500. The van der Waals surface area contributed by atoms with E-state index in [-0.39, 0.29) is 11.6 Å². The number of sulfonamides is 1. The zero-order chi connectivity index (χ0) is 13.1. The minimum Gasteiger partial charge on any atom is -0.479 e. The minimum absolute atomic E-state index is 0.116. The zero-order valence-electron chi connectivity index (χ0n) is 9.30. The molecule has 1 heterocycles.